The Morgan fingerprint density at radius 1 is 1.35 bits per heavy atom. The third-order valence-corrected chi connectivity index (χ3v) is 3.72. The molecule has 0 radical (unpaired) electrons. The highest BCUT2D eigenvalue weighted by Gasteiger charge is 2.14. The summed E-state index contributed by atoms with van der Waals surface area (Å²) in [7, 11) is 1.66. The minimum Gasteiger partial charge on any atom is -0.497 e. The first kappa shape index (κ1) is 11.9. The molecular weight excluding hydrogens is 232 g/mol. The van der Waals surface area contributed by atoms with Gasteiger partial charge in [-0.2, -0.15) is 0 Å². The highest BCUT2D eigenvalue weighted by molar-refractivity contribution is 7.15. The fraction of sp³-hybridized carbons (Fsp3) is 0.308. The Morgan fingerprint density at radius 2 is 2.12 bits per heavy atom. The fourth-order valence-corrected chi connectivity index (χ4v) is 2.58. The standard InChI is InChI=1S/C13H16N2OS/c1-8(2)12-11(15-13(14)17-12)9-5-4-6-10(7-9)16-3/h4-8H,1-3H3,(H2,14,15). The van der Waals surface area contributed by atoms with Gasteiger partial charge in [-0.05, 0) is 18.1 Å². The zero-order valence-electron chi connectivity index (χ0n) is 10.2. The summed E-state index contributed by atoms with van der Waals surface area (Å²) in [4.78, 5) is 5.64. The van der Waals surface area contributed by atoms with Crippen molar-refractivity contribution in [2.45, 2.75) is 19.8 Å². The summed E-state index contributed by atoms with van der Waals surface area (Å²) in [6.45, 7) is 4.30. The Balaban J connectivity index is 2.51. The first-order valence-electron chi connectivity index (χ1n) is 5.52. The van der Waals surface area contributed by atoms with Crippen LogP contribution in [0.15, 0.2) is 24.3 Å². The van der Waals surface area contributed by atoms with E-state index >= 15 is 0 Å². The fourth-order valence-electron chi connectivity index (χ4n) is 1.72. The lowest BCUT2D eigenvalue weighted by molar-refractivity contribution is 0.415. The Labute approximate surface area is 105 Å². The predicted molar refractivity (Wildman–Crippen MR) is 72.6 cm³/mol. The van der Waals surface area contributed by atoms with Crippen molar-refractivity contribution in [1.29, 1.82) is 0 Å². The number of benzene rings is 1. The normalized spacial score (nSPS) is 10.8. The van der Waals surface area contributed by atoms with Gasteiger partial charge in [-0.25, -0.2) is 4.98 Å². The second kappa shape index (κ2) is 4.75. The zero-order valence-corrected chi connectivity index (χ0v) is 11.0. The van der Waals surface area contributed by atoms with E-state index in [-0.39, 0.29) is 0 Å². The van der Waals surface area contributed by atoms with Crippen molar-refractivity contribution in [3.8, 4) is 17.0 Å². The number of ether oxygens (including phenoxy) is 1. The van der Waals surface area contributed by atoms with Crippen LogP contribution in [0, 0.1) is 0 Å². The van der Waals surface area contributed by atoms with Gasteiger partial charge >= 0.3 is 0 Å². The lowest BCUT2D eigenvalue weighted by Gasteiger charge is -2.06. The monoisotopic (exact) mass is 248 g/mol. The van der Waals surface area contributed by atoms with Gasteiger partial charge in [0.05, 0.1) is 12.8 Å². The zero-order chi connectivity index (χ0) is 12.4. The molecule has 0 aliphatic rings. The molecular formula is C13H16N2OS. The van der Waals surface area contributed by atoms with Crippen molar-refractivity contribution in [2.75, 3.05) is 12.8 Å². The number of nitrogens with two attached hydrogens (primary N) is 1. The van der Waals surface area contributed by atoms with Crippen LogP contribution < -0.4 is 10.5 Å². The van der Waals surface area contributed by atoms with Crippen LogP contribution in [0.25, 0.3) is 11.3 Å². The Bertz CT molecular complexity index is 520. The molecule has 0 aliphatic heterocycles. The molecule has 1 aromatic heterocycles. The van der Waals surface area contributed by atoms with Crippen LogP contribution in [0.3, 0.4) is 0 Å². The molecule has 0 spiro atoms. The summed E-state index contributed by atoms with van der Waals surface area (Å²) >= 11 is 1.56. The third-order valence-electron chi connectivity index (χ3n) is 2.54. The molecule has 0 bridgehead atoms. The molecule has 0 unspecified atom stereocenters. The highest BCUT2D eigenvalue weighted by atomic mass is 32.1. The second-order valence-electron chi connectivity index (χ2n) is 4.15. The number of rotatable bonds is 3. The maximum Gasteiger partial charge on any atom is 0.180 e. The molecule has 3 nitrogen and oxygen atoms in total. The molecule has 0 aliphatic carbocycles. The molecule has 1 heterocycles. The number of hydrogen-bond donors (Lipinski definition) is 1. The quantitative estimate of drug-likeness (QED) is 0.904. The largest absolute Gasteiger partial charge is 0.497 e. The van der Waals surface area contributed by atoms with Crippen LogP contribution in [-0.4, -0.2) is 12.1 Å². The van der Waals surface area contributed by atoms with E-state index in [9.17, 15) is 0 Å². The third kappa shape index (κ3) is 2.42. The van der Waals surface area contributed by atoms with Crippen molar-refractivity contribution in [2.24, 2.45) is 0 Å². The molecule has 17 heavy (non-hydrogen) atoms. The topological polar surface area (TPSA) is 48.1 Å². The van der Waals surface area contributed by atoms with Gasteiger partial charge in [-0.1, -0.05) is 26.0 Å². The summed E-state index contributed by atoms with van der Waals surface area (Å²) in [6, 6.07) is 7.91. The molecule has 0 fully saturated rings. The van der Waals surface area contributed by atoms with E-state index in [0.29, 0.717) is 11.0 Å². The molecule has 2 rings (SSSR count). The van der Waals surface area contributed by atoms with Gasteiger partial charge in [0.1, 0.15) is 5.75 Å². The van der Waals surface area contributed by atoms with E-state index in [2.05, 4.69) is 18.8 Å². The van der Waals surface area contributed by atoms with Crippen molar-refractivity contribution in [3.05, 3.63) is 29.1 Å². The molecule has 0 amide bonds. The second-order valence-corrected chi connectivity index (χ2v) is 5.21. The number of hydrogen-bond acceptors (Lipinski definition) is 4. The van der Waals surface area contributed by atoms with Gasteiger partial charge in [0.15, 0.2) is 5.13 Å². The summed E-state index contributed by atoms with van der Waals surface area (Å²) in [5.41, 5.74) is 7.83. The van der Waals surface area contributed by atoms with E-state index in [1.807, 2.05) is 24.3 Å². The van der Waals surface area contributed by atoms with Crippen LogP contribution in [0.2, 0.25) is 0 Å². The van der Waals surface area contributed by atoms with Crippen LogP contribution in [0.1, 0.15) is 24.6 Å². The van der Waals surface area contributed by atoms with Crippen molar-refractivity contribution >= 4 is 16.5 Å². The van der Waals surface area contributed by atoms with Crippen LogP contribution in [0.5, 0.6) is 5.75 Å². The van der Waals surface area contributed by atoms with Crippen LogP contribution in [-0.2, 0) is 0 Å². The van der Waals surface area contributed by atoms with Gasteiger partial charge in [0.2, 0.25) is 0 Å². The smallest absolute Gasteiger partial charge is 0.180 e. The van der Waals surface area contributed by atoms with Gasteiger partial charge in [-0.15, -0.1) is 11.3 Å². The van der Waals surface area contributed by atoms with Gasteiger partial charge in [-0.3, -0.25) is 0 Å². The summed E-state index contributed by atoms with van der Waals surface area (Å²) in [5, 5.41) is 0.617. The number of nitrogen functional groups attached to an aromatic ring is 1. The number of thiazole rings is 1. The van der Waals surface area contributed by atoms with Crippen molar-refractivity contribution < 1.29 is 4.74 Å². The summed E-state index contributed by atoms with van der Waals surface area (Å²) in [6.07, 6.45) is 0. The Hall–Kier alpha value is -1.55. The molecule has 0 atom stereocenters. The van der Waals surface area contributed by atoms with Crippen LogP contribution >= 0.6 is 11.3 Å². The van der Waals surface area contributed by atoms with Gasteiger partial charge in [0.25, 0.3) is 0 Å². The van der Waals surface area contributed by atoms with Crippen LogP contribution in [0.4, 0.5) is 5.13 Å². The van der Waals surface area contributed by atoms with E-state index in [1.165, 1.54) is 4.88 Å². The first-order valence-corrected chi connectivity index (χ1v) is 6.34. The Morgan fingerprint density at radius 3 is 2.76 bits per heavy atom. The average molecular weight is 248 g/mol. The van der Waals surface area contributed by atoms with E-state index in [0.717, 1.165) is 17.0 Å². The molecule has 90 valence electrons. The van der Waals surface area contributed by atoms with Gasteiger partial charge < -0.3 is 10.5 Å². The molecule has 0 saturated carbocycles. The minimum atomic E-state index is 0.422. The van der Waals surface area contributed by atoms with Crippen molar-refractivity contribution in [1.82, 2.24) is 4.98 Å². The SMILES string of the molecule is COc1cccc(-c2nc(N)sc2C(C)C)c1. The van der Waals surface area contributed by atoms with Crippen molar-refractivity contribution in [3.63, 3.8) is 0 Å². The maximum atomic E-state index is 5.80. The maximum absolute atomic E-state index is 5.80. The molecule has 4 heteroatoms. The average Bonchev–Trinajstić information content (AvgIpc) is 2.72. The lowest BCUT2D eigenvalue weighted by Crippen LogP contribution is -1.89. The number of nitrogens with zero attached hydrogens (tertiary/aromatic N) is 1. The minimum absolute atomic E-state index is 0.422. The van der Waals surface area contributed by atoms with E-state index in [4.69, 9.17) is 10.5 Å². The lowest BCUT2D eigenvalue weighted by atomic mass is 10.1. The molecule has 0 saturated heterocycles. The summed E-state index contributed by atoms with van der Waals surface area (Å²) in [5.74, 6) is 1.26. The highest BCUT2D eigenvalue weighted by Crippen LogP contribution is 2.35. The number of aromatic nitrogens is 1. The summed E-state index contributed by atoms with van der Waals surface area (Å²) < 4.78 is 5.23. The Kier molecular flexibility index (Phi) is 3.33. The number of anilines is 1. The first-order chi connectivity index (χ1) is 8.11. The molecule has 2 N–H and O–H groups in total. The number of methoxy groups -OCH3 is 1. The molecule has 2 aromatic rings. The predicted octanol–water partition coefficient (Wildman–Crippen LogP) is 3.52. The van der Waals surface area contributed by atoms with E-state index < -0.39 is 0 Å². The molecule has 1 aromatic carbocycles. The van der Waals surface area contributed by atoms with E-state index in [1.54, 1.807) is 18.4 Å². The van der Waals surface area contributed by atoms with Gasteiger partial charge in [0, 0.05) is 10.4 Å².